The van der Waals surface area contributed by atoms with Crippen LogP contribution >= 0.6 is 11.3 Å². The van der Waals surface area contributed by atoms with Crippen LogP contribution in [0.4, 0.5) is 0 Å². The van der Waals surface area contributed by atoms with Crippen LogP contribution in [0.15, 0.2) is 54.6 Å². The molecule has 0 aliphatic rings. The van der Waals surface area contributed by atoms with E-state index in [4.69, 9.17) is 0 Å². The van der Waals surface area contributed by atoms with Gasteiger partial charge in [-0.3, -0.25) is 4.79 Å². The van der Waals surface area contributed by atoms with Crippen LogP contribution in [0.2, 0.25) is 0 Å². The summed E-state index contributed by atoms with van der Waals surface area (Å²) in [5.74, 6) is -0.0224. The second kappa shape index (κ2) is 6.75. The summed E-state index contributed by atoms with van der Waals surface area (Å²) in [7, 11) is 1.80. The number of carbonyl (C=O) groups excluding carboxylic acids is 1. The summed E-state index contributed by atoms with van der Waals surface area (Å²) in [4.78, 5) is 18.5. The van der Waals surface area contributed by atoms with Crippen LogP contribution in [-0.4, -0.2) is 22.8 Å². The molecule has 1 heterocycles. The molecule has 0 bridgehead atoms. The number of likely N-dealkylation sites (N-methyl/N-ethyl adjacent to an activating group) is 1. The Labute approximate surface area is 139 Å². The summed E-state index contributed by atoms with van der Waals surface area (Å²) >= 11 is 1.63. The number of nitrogens with zero attached hydrogens (tertiary/aromatic N) is 2. The van der Waals surface area contributed by atoms with Crippen molar-refractivity contribution in [3.63, 3.8) is 0 Å². The van der Waals surface area contributed by atoms with E-state index in [-0.39, 0.29) is 5.91 Å². The molecule has 0 saturated heterocycles. The van der Waals surface area contributed by atoms with Crippen molar-refractivity contribution in [1.82, 2.24) is 9.88 Å². The van der Waals surface area contributed by atoms with Gasteiger partial charge in [-0.15, -0.1) is 11.3 Å². The molecule has 0 spiro atoms. The van der Waals surface area contributed by atoms with Gasteiger partial charge < -0.3 is 4.90 Å². The van der Waals surface area contributed by atoms with Crippen LogP contribution in [0, 0.1) is 6.92 Å². The Balaban J connectivity index is 1.67. The summed E-state index contributed by atoms with van der Waals surface area (Å²) < 4.78 is 1.15. The third-order valence-corrected chi connectivity index (χ3v) is 4.57. The highest BCUT2D eigenvalue weighted by Crippen LogP contribution is 2.22. The normalized spacial score (nSPS) is 11.2. The van der Waals surface area contributed by atoms with Gasteiger partial charge in [-0.25, -0.2) is 4.98 Å². The lowest BCUT2D eigenvalue weighted by Crippen LogP contribution is -2.23. The third kappa shape index (κ3) is 3.85. The molecule has 0 atom stereocenters. The Morgan fingerprint density at radius 3 is 2.83 bits per heavy atom. The Kier molecular flexibility index (Phi) is 4.53. The summed E-state index contributed by atoms with van der Waals surface area (Å²) in [5.41, 5.74) is 3.21. The second-order valence-corrected chi connectivity index (χ2v) is 6.63. The molecule has 0 unspecified atom stereocenters. The van der Waals surface area contributed by atoms with Gasteiger partial charge in [0.15, 0.2) is 0 Å². The molecule has 23 heavy (non-hydrogen) atoms. The van der Waals surface area contributed by atoms with Crippen LogP contribution in [0.1, 0.15) is 16.1 Å². The fourth-order valence-electron chi connectivity index (χ4n) is 2.34. The fourth-order valence-corrected chi connectivity index (χ4v) is 3.36. The molecule has 1 amide bonds. The van der Waals surface area contributed by atoms with Crippen LogP contribution in [0.5, 0.6) is 0 Å². The number of hydrogen-bond donors (Lipinski definition) is 0. The number of benzene rings is 2. The first-order valence-corrected chi connectivity index (χ1v) is 8.28. The van der Waals surface area contributed by atoms with Gasteiger partial charge >= 0.3 is 0 Å². The van der Waals surface area contributed by atoms with Gasteiger partial charge in [-0.2, -0.15) is 0 Å². The maximum Gasteiger partial charge on any atom is 0.246 e. The smallest absolute Gasteiger partial charge is 0.246 e. The van der Waals surface area contributed by atoms with Crippen molar-refractivity contribution in [2.75, 3.05) is 7.05 Å². The van der Waals surface area contributed by atoms with Crippen molar-refractivity contribution in [1.29, 1.82) is 0 Å². The van der Waals surface area contributed by atoms with Gasteiger partial charge in [0.2, 0.25) is 5.91 Å². The lowest BCUT2D eigenvalue weighted by Gasteiger charge is -2.12. The van der Waals surface area contributed by atoms with E-state index in [0.717, 1.165) is 20.8 Å². The molecule has 0 aliphatic heterocycles. The van der Waals surface area contributed by atoms with Crippen molar-refractivity contribution in [3.8, 4) is 0 Å². The lowest BCUT2D eigenvalue weighted by atomic mass is 10.1. The SMILES string of the molecule is Cc1cccc(/C=C/C(=O)N(C)Cc2nc3ccccc3s2)c1. The second-order valence-electron chi connectivity index (χ2n) is 5.52. The minimum Gasteiger partial charge on any atom is -0.335 e. The number of rotatable bonds is 4. The predicted molar refractivity (Wildman–Crippen MR) is 96.3 cm³/mol. The quantitative estimate of drug-likeness (QED) is 0.672. The highest BCUT2D eigenvalue weighted by molar-refractivity contribution is 7.18. The van der Waals surface area contributed by atoms with Crippen LogP contribution in [0.3, 0.4) is 0 Å². The molecule has 0 fully saturated rings. The molecule has 0 saturated carbocycles. The molecule has 0 radical (unpaired) electrons. The van der Waals surface area contributed by atoms with E-state index in [2.05, 4.69) is 17.1 Å². The standard InChI is InChI=1S/C19H18N2OS/c1-14-6-5-7-15(12-14)10-11-19(22)21(2)13-18-20-16-8-3-4-9-17(16)23-18/h3-12H,13H2,1-2H3/b11-10+. The average Bonchev–Trinajstić information content (AvgIpc) is 2.94. The molecule has 0 aliphatic carbocycles. The molecule has 0 N–H and O–H groups in total. The van der Waals surface area contributed by atoms with E-state index in [1.165, 1.54) is 5.56 Å². The fraction of sp³-hybridized carbons (Fsp3) is 0.158. The first kappa shape index (κ1) is 15.4. The largest absolute Gasteiger partial charge is 0.335 e. The Hall–Kier alpha value is -2.46. The number of aryl methyl sites for hydroxylation is 1. The third-order valence-electron chi connectivity index (χ3n) is 3.55. The van der Waals surface area contributed by atoms with Crippen molar-refractivity contribution in [2.45, 2.75) is 13.5 Å². The number of carbonyl (C=O) groups is 1. The number of hydrogen-bond acceptors (Lipinski definition) is 3. The topological polar surface area (TPSA) is 33.2 Å². The highest BCUT2D eigenvalue weighted by Gasteiger charge is 2.09. The van der Waals surface area contributed by atoms with E-state index < -0.39 is 0 Å². The molecule has 2 aromatic carbocycles. The zero-order chi connectivity index (χ0) is 16.2. The minimum absolute atomic E-state index is 0.0224. The monoisotopic (exact) mass is 322 g/mol. The van der Waals surface area contributed by atoms with Gasteiger partial charge in [0, 0.05) is 13.1 Å². The molecule has 3 aromatic rings. The van der Waals surface area contributed by atoms with Crippen molar-refractivity contribution in [2.24, 2.45) is 0 Å². The molecule has 3 nitrogen and oxygen atoms in total. The first-order chi connectivity index (χ1) is 11.1. The van der Waals surface area contributed by atoms with E-state index in [1.54, 1.807) is 29.4 Å². The number of fused-ring (bicyclic) bond motifs is 1. The molecule has 3 rings (SSSR count). The van der Waals surface area contributed by atoms with Crippen molar-refractivity contribution >= 4 is 33.5 Å². The molecule has 116 valence electrons. The number of thiazole rings is 1. The first-order valence-electron chi connectivity index (χ1n) is 7.46. The van der Waals surface area contributed by atoms with Gasteiger partial charge in [0.05, 0.1) is 16.8 Å². The molecule has 1 aromatic heterocycles. The predicted octanol–water partition coefficient (Wildman–Crippen LogP) is 4.28. The van der Waals surface area contributed by atoms with Crippen LogP contribution in [0.25, 0.3) is 16.3 Å². The van der Waals surface area contributed by atoms with Crippen LogP contribution < -0.4 is 0 Å². The average molecular weight is 322 g/mol. The number of amides is 1. The Bertz CT molecular complexity index is 833. The summed E-state index contributed by atoms with van der Waals surface area (Å²) in [6.07, 6.45) is 3.46. The van der Waals surface area contributed by atoms with E-state index >= 15 is 0 Å². The Morgan fingerprint density at radius 2 is 2.04 bits per heavy atom. The van der Waals surface area contributed by atoms with Gasteiger partial charge in [0.1, 0.15) is 5.01 Å². The van der Waals surface area contributed by atoms with Gasteiger partial charge in [0.25, 0.3) is 0 Å². The highest BCUT2D eigenvalue weighted by atomic mass is 32.1. The molecular weight excluding hydrogens is 304 g/mol. The van der Waals surface area contributed by atoms with Crippen LogP contribution in [-0.2, 0) is 11.3 Å². The summed E-state index contributed by atoms with van der Waals surface area (Å²) in [6, 6.07) is 16.1. The summed E-state index contributed by atoms with van der Waals surface area (Å²) in [5, 5.41) is 0.950. The maximum absolute atomic E-state index is 12.2. The number of aromatic nitrogens is 1. The van der Waals surface area contributed by atoms with E-state index in [9.17, 15) is 4.79 Å². The molecular formula is C19H18N2OS. The summed E-state index contributed by atoms with van der Waals surface area (Å²) in [6.45, 7) is 2.56. The lowest BCUT2D eigenvalue weighted by molar-refractivity contribution is -0.125. The van der Waals surface area contributed by atoms with E-state index in [0.29, 0.717) is 6.54 Å². The van der Waals surface area contributed by atoms with E-state index in [1.807, 2.05) is 49.4 Å². The van der Waals surface area contributed by atoms with Gasteiger partial charge in [-0.05, 0) is 30.7 Å². The number of para-hydroxylation sites is 1. The maximum atomic E-state index is 12.2. The minimum atomic E-state index is -0.0224. The zero-order valence-corrected chi connectivity index (χ0v) is 14.0. The molecule has 4 heteroatoms. The van der Waals surface area contributed by atoms with Crippen molar-refractivity contribution < 1.29 is 4.79 Å². The Morgan fingerprint density at radius 1 is 1.22 bits per heavy atom. The van der Waals surface area contributed by atoms with Crippen molar-refractivity contribution in [3.05, 3.63) is 70.7 Å². The van der Waals surface area contributed by atoms with Gasteiger partial charge in [-0.1, -0.05) is 42.0 Å². The zero-order valence-electron chi connectivity index (χ0n) is 13.2.